The number of amides is 1. The molecule has 0 aliphatic carbocycles. The first-order chi connectivity index (χ1) is 13.3. The Morgan fingerprint density at radius 2 is 2.04 bits per heavy atom. The van der Waals surface area contributed by atoms with Crippen LogP contribution < -0.4 is 15.4 Å². The molecule has 156 valence electrons. The quantitative estimate of drug-likeness (QED) is 0.580. The van der Waals surface area contributed by atoms with Crippen molar-refractivity contribution >= 4 is 11.9 Å². The average molecular weight is 389 g/mol. The highest BCUT2D eigenvalue weighted by atomic mass is 16.5. The van der Waals surface area contributed by atoms with Crippen molar-refractivity contribution in [3.8, 4) is 5.75 Å². The highest BCUT2D eigenvalue weighted by molar-refractivity contribution is 5.81. The van der Waals surface area contributed by atoms with Crippen molar-refractivity contribution in [3.63, 3.8) is 0 Å². The van der Waals surface area contributed by atoms with Gasteiger partial charge < -0.3 is 20.3 Å². The van der Waals surface area contributed by atoms with Crippen molar-refractivity contribution in [1.82, 2.24) is 15.5 Å². The summed E-state index contributed by atoms with van der Waals surface area (Å²) in [5.74, 6) is 2.38. The molecule has 1 aliphatic rings. The van der Waals surface area contributed by atoms with E-state index in [9.17, 15) is 4.79 Å². The number of likely N-dealkylation sites (tertiary alicyclic amines) is 1. The fraction of sp³-hybridized carbons (Fsp3) is 0.636. The first kappa shape index (κ1) is 22.1. The normalized spacial score (nSPS) is 18.0. The number of hydrogen-bond acceptors (Lipinski definition) is 3. The highest BCUT2D eigenvalue weighted by Gasteiger charge is 2.20. The first-order valence-corrected chi connectivity index (χ1v) is 10.3. The molecule has 1 atom stereocenters. The van der Waals surface area contributed by atoms with Gasteiger partial charge in [-0.2, -0.15) is 0 Å². The second-order valence-electron chi connectivity index (χ2n) is 8.51. The van der Waals surface area contributed by atoms with Crippen LogP contribution in [0.15, 0.2) is 29.3 Å². The number of carbonyl (C=O) groups is 1. The molecule has 0 bridgehead atoms. The fourth-order valence-electron chi connectivity index (χ4n) is 3.34. The molecule has 1 aromatic rings. The smallest absolute Gasteiger partial charge is 0.224 e. The van der Waals surface area contributed by atoms with E-state index in [2.05, 4.69) is 22.5 Å². The number of aliphatic imine (C=N–C) groups is 1. The lowest BCUT2D eigenvalue weighted by Gasteiger charge is -2.31. The maximum atomic E-state index is 12.4. The van der Waals surface area contributed by atoms with Crippen LogP contribution in [0.3, 0.4) is 0 Å². The summed E-state index contributed by atoms with van der Waals surface area (Å²) in [5, 5.41) is 6.55. The summed E-state index contributed by atoms with van der Waals surface area (Å²) in [6.07, 6.45) is 2.82. The summed E-state index contributed by atoms with van der Waals surface area (Å²) in [6.45, 7) is 11.3. The van der Waals surface area contributed by atoms with E-state index in [0.717, 1.165) is 30.8 Å². The second kappa shape index (κ2) is 10.3. The Bertz CT molecular complexity index is 667. The number of nitrogens with one attached hydrogen (secondary N) is 2. The van der Waals surface area contributed by atoms with Crippen LogP contribution in [-0.4, -0.2) is 49.0 Å². The largest absolute Gasteiger partial charge is 0.488 e. The molecule has 1 amide bonds. The molecule has 2 N–H and O–H groups in total. The Morgan fingerprint density at radius 3 is 2.71 bits per heavy atom. The molecule has 1 unspecified atom stereocenters. The molecule has 1 aliphatic heterocycles. The number of rotatable bonds is 6. The monoisotopic (exact) mass is 388 g/mol. The fourth-order valence-corrected chi connectivity index (χ4v) is 3.34. The van der Waals surface area contributed by atoms with Gasteiger partial charge in [0.1, 0.15) is 11.4 Å². The first-order valence-electron chi connectivity index (χ1n) is 10.3. The van der Waals surface area contributed by atoms with Crippen LogP contribution in [-0.2, 0) is 11.3 Å². The number of carbonyl (C=O) groups excluding carboxylic acids is 1. The predicted octanol–water partition coefficient (Wildman–Crippen LogP) is 3.18. The number of hydrogen-bond donors (Lipinski definition) is 2. The van der Waals surface area contributed by atoms with E-state index >= 15 is 0 Å². The van der Waals surface area contributed by atoms with Gasteiger partial charge in [-0.25, -0.2) is 0 Å². The lowest BCUT2D eigenvalue weighted by Crippen LogP contribution is -2.42. The topological polar surface area (TPSA) is 66.0 Å². The molecule has 6 nitrogen and oxygen atoms in total. The third-order valence-corrected chi connectivity index (χ3v) is 4.70. The van der Waals surface area contributed by atoms with E-state index in [1.165, 1.54) is 6.42 Å². The van der Waals surface area contributed by atoms with Crippen LogP contribution >= 0.6 is 0 Å². The van der Waals surface area contributed by atoms with Crippen LogP contribution in [0.4, 0.5) is 0 Å². The number of piperidine rings is 1. The van der Waals surface area contributed by atoms with Gasteiger partial charge in [-0.3, -0.25) is 9.79 Å². The van der Waals surface area contributed by atoms with Crippen LogP contribution in [0.2, 0.25) is 0 Å². The van der Waals surface area contributed by atoms with E-state index in [0.29, 0.717) is 31.4 Å². The lowest BCUT2D eigenvalue weighted by atomic mass is 10.00. The molecule has 1 aromatic carbocycles. The Labute approximate surface area is 169 Å². The van der Waals surface area contributed by atoms with E-state index in [-0.39, 0.29) is 11.5 Å². The summed E-state index contributed by atoms with van der Waals surface area (Å²) in [5.41, 5.74) is 0.821. The minimum atomic E-state index is -0.248. The standard InChI is InChI=1S/C22H36N4O2/c1-17-9-8-14-26(16-17)20(27)12-13-24-21(23-5)25-15-18-10-6-7-11-19(18)28-22(2,3)4/h6-7,10-11,17H,8-9,12-16H2,1-5H3,(H2,23,24,25). The Morgan fingerprint density at radius 1 is 1.29 bits per heavy atom. The zero-order chi connectivity index (χ0) is 20.6. The number of guanidine groups is 1. The van der Waals surface area contributed by atoms with Gasteiger partial charge in [0.25, 0.3) is 0 Å². The van der Waals surface area contributed by atoms with Crippen molar-refractivity contribution in [2.24, 2.45) is 10.9 Å². The number of para-hydroxylation sites is 1. The van der Waals surface area contributed by atoms with Gasteiger partial charge in [-0.1, -0.05) is 25.1 Å². The number of benzene rings is 1. The molecule has 1 heterocycles. The molecule has 1 saturated heterocycles. The molecule has 2 rings (SSSR count). The van der Waals surface area contributed by atoms with E-state index in [4.69, 9.17) is 4.74 Å². The average Bonchev–Trinajstić information content (AvgIpc) is 2.64. The van der Waals surface area contributed by atoms with Crippen LogP contribution in [0, 0.1) is 5.92 Å². The van der Waals surface area contributed by atoms with Gasteiger partial charge in [0, 0.05) is 45.2 Å². The van der Waals surface area contributed by atoms with Crippen molar-refractivity contribution in [3.05, 3.63) is 29.8 Å². The molecule has 28 heavy (non-hydrogen) atoms. The van der Waals surface area contributed by atoms with Crippen molar-refractivity contribution in [1.29, 1.82) is 0 Å². The number of nitrogens with zero attached hydrogens (tertiary/aromatic N) is 2. The minimum absolute atomic E-state index is 0.221. The molecule has 0 aromatic heterocycles. The van der Waals surface area contributed by atoms with Crippen LogP contribution in [0.5, 0.6) is 5.75 Å². The molecule has 1 fully saturated rings. The van der Waals surface area contributed by atoms with E-state index in [1.807, 2.05) is 49.9 Å². The SMILES string of the molecule is CN=C(NCCC(=O)N1CCCC(C)C1)NCc1ccccc1OC(C)(C)C. The summed E-state index contributed by atoms with van der Waals surface area (Å²) >= 11 is 0. The van der Waals surface area contributed by atoms with Crippen LogP contribution in [0.25, 0.3) is 0 Å². The highest BCUT2D eigenvalue weighted by Crippen LogP contribution is 2.22. The molecule has 0 radical (unpaired) electrons. The van der Waals surface area contributed by atoms with Crippen LogP contribution in [0.1, 0.15) is 52.5 Å². The maximum absolute atomic E-state index is 12.4. The molecule has 0 saturated carbocycles. The van der Waals surface area contributed by atoms with Crippen molar-refractivity contribution in [2.45, 2.75) is 59.1 Å². The van der Waals surface area contributed by atoms with Gasteiger partial charge >= 0.3 is 0 Å². The van der Waals surface area contributed by atoms with Gasteiger partial charge in [-0.15, -0.1) is 0 Å². The Balaban J connectivity index is 1.80. The third-order valence-electron chi connectivity index (χ3n) is 4.70. The van der Waals surface area contributed by atoms with Gasteiger partial charge in [-0.05, 0) is 45.6 Å². The minimum Gasteiger partial charge on any atom is -0.488 e. The van der Waals surface area contributed by atoms with Gasteiger partial charge in [0.15, 0.2) is 5.96 Å². The molecular formula is C22H36N4O2. The summed E-state index contributed by atoms with van der Waals surface area (Å²) in [7, 11) is 1.74. The summed E-state index contributed by atoms with van der Waals surface area (Å²) < 4.78 is 6.04. The van der Waals surface area contributed by atoms with Crippen molar-refractivity contribution < 1.29 is 9.53 Å². The predicted molar refractivity (Wildman–Crippen MR) is 115 cm³/mol. The zero-order valence-electron chi connectivity index (χ0n) is 18.0. The number of ether oxygens (including phenoxy) is 1. The zero-order valence-corrected chi connectivity index (χ0v) is 18.0. The lowest BCUT2D eigenvalue weighted by molar-refractivity contribution is -0.132. The summed E-state index contributed by atoms with van der Waals surface area (Å²) in [6, 6.07) is 8.00. The third kappa shape index (κ3) is 7.41. The van der Waals surface area contributed by atoms with Gasteiger partial charge in [0.2, 0.25) is 5.91 Å². The molecule has 0 spiro atoms. The second-order valence-corrected chi connectivity index (χ2v) is 8.51. The van der Waals surface area contributed by atoms with E-state index in [1.54, 1.807) is 7.05 Å². The maximum Gasteiger partial charge on any atom is 0.224 e. The molecular weight excluding hydrogens is 352 g/mol. The molecule has 6 heteroatoms. The summed E-state index contributed by atoms with van der Waals surface area (Å²) in [4.78, 5) is 18.6. The van der Waals surface area contributed by atoms with E-state index < -0.39 is 0 Å². The Kier molecular flexibility index (Phi) is 8.15. The van der Waals surface area contributed by atoms with Gasteiger partial charge in [0.05, 0.1) is 0 Å². The Hall–Kier alpha value is -2.24. The van der Waals surface area contributed by atoms with Crippen molar-refractivity contribution in [2.75, 3.05) is 26.7 Å².